The molecule has 0 bridgehead atoms. The fraction of sp³-hybridized carbons (Fsp3) is 0. The number of aromatic nitrogens is 2. The van der Waals surface area contributed by atoms with Gasteiger partial charge in [-0.1, -0.05) is 64.5 Å². The number of carbonyl (C=O) groups is 1. The molecule has 3 N–H and O–H groups in total. The van der Waals surface area contributed by atoms with Crippen molar-refractivity contribution in [2.75, 3.05) is 5.43 Å². The maximum Gasteiger partial charge on any atom is 0.339 e. The fourth-order valence-electron chi connectivity index (χ4n) is 3.00. The van der Waals surface area contributed by atoms with Crippen molar-refractivity contribution in [2.24, 2.45) is 5.10 Å². The quantitative estimate of drug-likeness (QED) is 0.247. The van der Waals surface area contributed by atoms with Gasteiger partial charge < -0.3 is 10.2 Å². The summed E-state index contributed by atoms with van der Waals surface area (Å²) < 4.78 is 0.971. The summed E-state index contributed by atoms with van der Waals surface area (Å²) in [6.45, 7) is 0. The minimum absolute atomic E-state index is 0.173. The molecule has 0 radical (unpaired) electrons. The van der Waals surface area contributed by atoms with E-state index >= 15 is 0 Å². The zero-order valence-electron chi connectivity index (χ0n) is 16.6. The summed E-state index contributed by atoms with van der Waals surface area (Å²) in [5.41, 5.74) is 6.50. The van der Waals surface area contributed by atoms with Gasteiger partial charge in [-0.15, -0.1) is 0 Å². The van der Waals surface area contributed by atoms with E-state index in [2.05, 4.69) is 36.4 Å². The van der Waals surface area contributed by atoms with Gasteiger partial charge in [-0.3, -0.25) is 0 Å². The van der Waals surface area contributed by atoms with Crippen molar-refractivity contribution in [1.29, 1.82) is 0 Å². The van der Waals surface area contributed by atoms with E-state index in [0.29, 0.717) is 11.5 Å². The molecule has 0 spiro atoms. The van der Waals surface area contributed by atoms with E-state index in [0.717, 1.165) is 27.0 Å². The van der Waals surface area contributed by atoms with Crippen LogP contribution in [0.15, 0.2) is 88.4 Å². The Morgan fingerprint density at radius 2 is 1.56 bits per heavy atom. The van der Waals surface area contributed by atoms with Crippen molar-refractivity contribution in [3.8, 4) is 28.3 Å². The van der Waals surface area contributed by atoms with Crippen molar-refractivity contribution in [3.63, 3.8) is 0 Å². The monoisotopic (exact) mass is 488 g/mol. The highest BCUT2D eigenvalue weighted by Crippen LogP contribution is 2.26. The van der Waals surface area contributed by atoms with Crippen LogP contribution in [0, 0.1) is 0 Å². The Hall–Kier alpha value is -4.04. The zero-order chi connectivity index (χ0) is 22.5. The summed E-state index contributed by atoms with van der Waals surface area (Å²) in [5.74, 6) is -1.23. The minimum atomic E-state index is -1.20. The van der Waals surface area contributed by atoms with Crippen LogP contribution in [0.1, 0.15) is 15.9 Å². The first kappa shape index (κ1) is 21.2. The Balaban J connectivity index is 1.65. The first-order valence-electron chi connectivity index (χ1n) is 9.55. The van der Waals surface area contributed by atoms with Gasteiger partial charge in [-0.05, 0) is 35.9 Å². The van der Waals surface area contributed by atoms with Crippen molar-refractivity contribution in [1.82, 2.24) is 9.97 Å². The maximum absolute atomic E-state index is 11.0. The summed E-state index contributed by atoms with van der Waals surface area (Å²) in [6.07, 6.45) is 1.45. The van der Waals surface area contributed by atoms with Crippen LogP contribution in [-0.2, 0) is 0 Å². The molecule has 32 heavy (non-hydrogen) atoms. The third-order valence-electron chi connectivity index (χ3n) is 4.57. The van der Waals surface area contributed by atoms with Crippen LogP contribution in [0.5, 0.6) is 5.75 Å². The normalized spacial score (nSPS) is 10.9. The number of halogens is 1. The molecule has 8 heteroatoms. The highest BCUT2D eigenvalue weighted by atomic mass is 79.9. The van der Waals surface area contributed by atoms with Crippen molar-refractivity contribution in [2.45, 2.75) is 0 Å². The third-order valence-corrected chi connectivity index (χ3v) is 5.09. The SMILES string of the molecule is O=C(O)c1ccc(/C=N/Nc2nc(-c3ccccc3)cc(-c3ccc(Br)cc3)n2)cc1O. The Morgan fingerprint density at radius 3 is 2.19 bits per heavy atom. The van der Waals surface area contributed by atoms with Gasteiger partial charge in [0.25, 0.3) is 0 Å². The third kappa shape index (κ3) is 4.98. The van der Waals surface area contributed by atoms with Gasteiger partial charge in [0.15, 0.2) is 0 Å². The number of nitrogens with one attached hydrogen (secondary N) is 1. The van der Waals surface area contributed by atoms with Gasteiger partial charge in [0.1, 0.15) is 11.3 Å². The number of carboxylic acid groups (broad SMARTS) is 1. The van der Waals surface area contributed by atoms with Crippen LogP contribution in [0.2, 0.25) is 0 Å². The minimum Gasteiger partial charge on any atom is -0.507 e. The molecule has 0 aliphatic heterocycles. The fourth-order valence-corrected chi connectivity index (χ4v) is 3.26. The molecule has 0 saturated carbocycles. The number of hydrogen-bond donors (Lipinski definition) is 3. The van der Waals surface area contributed by atoms with Gasteiger partial charge in [0.05, 0.1) is 17.6 Å². The summed E-state index contributed by atoms with van der Waals surface area (Å²) in [7, 11) is 0. The number of aromatic carboxylic acids is 1. The first-order valence-corrected chi connectivity index (χ1v) is 10.3. The molecule has 0 fully saturated rings. The van der Waals surface area contributed by atoms with Crippen molar-refractivity contribution >= 4 is 34.1 Å². The van der Waals surface area contributed by atoms with Crippen LogP contribution in [0.4, 0.5) is 5.95 Å². The number of carboxylic acids is 1. The van der Waals surface area contributed by atoms with E-state index in [4.69, 9.17) is 5.11 Å². The molecule has 0 saturated heterocycles. The van der Waals surface area contributed by atoms with Crippen LogP contribution in [0.25, 0.3) is 22.5 Å². The van der Waals surface area contributed by atoms with E-state index < -0.39 is 5.97 Å². The number of rotatable bonds is 6. The molecule has 0 aliphatic rings. The Bertz CT molecular complexity index is 1290. The number of hydrogen-bond acceptors (Lipinski definition) is 6. The Labute approximate surface area is 192 Å². The van der Waals surface area contributed by atoms with Crippen LogP contribution in [0.3, 0.4) is 0 Å². The highest BCUT2D eigenvalue weighted by molar-refractivity contribution is 9.10. The molecule has 158 valence electrons. The Kier molecular flexibility index (Phi) is 6.23. The smallest absolute Gasteiger partial charge is 0.339 e. The van der Waals surface area contributed by atoms with E-state index in [1.165, 1.54) is 18.3 Å². The summed E-state index contributed by atoms with van der Waals surface area (Å²) in [4.78, 5) is 20.2. The standard InChI is InChI=1S/C24H17BrN4O3/c25-18-9-7-17(8-10-18)21-13-20(16-4-2-1-3-5-16)27-24(28-21)29-26-14-15-6-11-19(23(31)32)22(30)12-15/h1-14,30H,(H,31,32)(H,27,28,29)/b26-14+. The molecule has 7 nitrogen and oxygen atoms in total. The lowest BCUT2D eigenvalue weighted by Crippen LogP contribution is -2.01. The average Bonchev–Trinajstić information content (AvgIpc) is 2.80. The second-order valence-electron chi connectivity index (χ2n) is 6.79. The molecule has 1 heterocycles. The molecule has 0 aliphatic carbocycles. The van der Waals surface area contributed by atoms with Crippen molar-refractivity contribution < 1.29 is 15.0 Å². The largest absolute Gasteiger partial charge is 0.507 e. The summed E-state index contributed by atoms with van der Waals surface area (Å²) >= 11 is 3.44. The molecule has 1 aromatic heterocycles. The molecule has 3 aromatic carbocycles. The number of aromatic hydroxyl groups is 1. The lowest BCUT2D eigenvalue weighted by atomic mass is 10.1. The van der Waals surface area contributed by atoms with Crippen LogP contribution < -0.4 is 5.43 Å². The molecule has 0 amide bonds. The zero-order valence-corrected chi connectivity index (χ0v) is 18.2. The average molecular weight is 489 g/mol. The molecular weight excluding hydrogens is 472 g/mol. The highest BCUT2D eigenvalue weighted by Gasteiger charge is 2.10. The van der Waals surface area contributed by atoms with Gasteiger partial charge in [0, 0.05) is 15.6 Å². The topological polar surface area (TPSA) is 108 Å². The maximum atomic E-state index is 11.0. The van der Waals surface area contributed by atoms with Crippen LogP contribution >= 0.6 is 15.9 Å². The first-order chi connectivity index (χ1) is 15.5. The lowest BCUT2D eigenvalue weighted by molar-refractivity contribution is 0.0693. The van der Waals surface area contributed by atoms with E-state index in [1.54, 1.807) is 6.07 Å². The summed E-state index contributed by atoms with van der Waals surface area (Å²) in [6, 6.07) is 23.7. The van der Waals surface area contributed by atoms with Gasteiger partial charge in [0.2, 0.25) is 5.95 Å². The Morgan fingerprint density at radius 1 is 0.906 bits per heavy atom. The number of anilines is 1. The van der Waals surface area contributed by atoms with Gasteiger partial charge in [-0.2, -0.15) is 5.10 Å². The molecule has 0 unspecified atom stereocenters. The number of phenols is 1. The molecular formula is C24H17BrN4O3. The molecule has 4 aromatic rings. The van der Waals surface area contributed by atoms with Crippen molar-refractivity contribution in [3.05, 3.63) is 94.5 Å². The second-order valence-corrected chi connectivity index (χ2v) is 7.70. The molecule has 4 rings (SSSR count). The van der Waals surface area contributed by atoms with Gasteiger partial charge in [-0.25, -0.2) is 20.2 Å². The molecule has 0 atom stereocenters. The number of hydrazone groups is 1. The van der Waals surface area contributed by atoms with Crippen LogP contribution in [-0.4, -0.2) is 32.4 Å². The van der Waals surface area contributed by atoms with E-state index in [1.807, 2.05) is 60.7 Å². The van der Waals surface area contributed by atoms with Gasteiger partial charge >= 0.3 is 5.97 Å². The second kappa shape index (κ2) is 9.40. The summed E-state index contributed by atoms with van der Waals surface area (Å²) in [5, 5.41) is 23.0. The predicted octanol–water partition coefficient (Wildman–Crippen LogP) is 5.42. The van der Waals surface area contributed by atoms with E-state index in [-0.39, 0.29) is 11.3 Å². The van der Waals surface area contributed by atoms with E-state index in [9.17, 15) is 9.90 Å². The number of nitrogens with zero attached hydrogens (tertiary/aromatic N) is 3. The lowest BCUT2D eigenvalue weighted by Gasteiger charge is -2.08. The number of benzene rings is 3. The predicted molar refractivity (Wildman–Crippen MR) is 127 cm³/mol.